The van der Waals surface area contributed by atoms with Crippen molar-refractivity contribution in [3.8, 4) is 12.3 Å². The van der Waals surface area contributed by atoms with E-state index in [2.05, 4.69) is 74.4 Å². The fourth-order valence-electron chi connectivity index (χ4n) is 17.4. The monoisotopic (exact) mass is 2060 g/mol. The number of azide groups is 1. The van der Waals surface area contributed by atoms with Gasteiger partial charge in [-0.15, -0.1) is 17.4 Å². The first-order chi connectivity index (χ1) is 71.0. The van der Waals surface area contributed by atoms with Crippen molar-refractivity contribution in [2.45, 2.75) is 479 Å². The number of esters is 8. The average molecular weight is 2060 g/mol. The lowest BCUT2D eigenvalue weighted by Gasteiger charge is -2.32. The van der Waals surface area contributed by atoms with E-state index in [0.29, 0.717) is 123 Å². The van der Waals surface area contributed by atoms with Crippen LogP contribution in [0.3, 0.4) is 0 Å². The van der Waals surface area contributed by atoms with Crippen LogP contribution in [0.15, 0.2) is 11.3 Å². The number of hydrogen-bond donors (Lipinski definition) is 2. The standard InChI is InChI=1S/C55H98N6O10.C33H61N3O6.C21H35N3O4.C4H8O/c1-6-10-12-14-16-18-20-22-24-26-28-33-52(64)69-44-49(71-53(65)34-29-27-25-23-21-19-17-15-13-11-7-2)45-70-54(66)46(5)61-43-48(57-58-61)31-30-32-50(62)56-37-40-60(51(63)8-3)42-41-59-38-35-47(36-39-59)55(67)68-9-4;1-3-5-7-9-11-13-15-17-19-21-23-25-31(37)40-28-30(29-41-33(39)27-35-36-34)42-32(38)26-24-22-20-18-16-14-12-10-8-6-4-2;1-4-7-8-9-19(25)22-12-15-24(20(26)5-2)17-16-23-13-10-18(11-14-23)21(27)28-6-3;1-2-4-5-3-1/h43,46-47,49H,6-42,44-45H2,1-5H3,(H,56,62);30H,3-29H2,1-2H3;1,18H,5-17H2,2-3H3,(H,22,25);1-4H2. The minimum absolute atomic E-state index is 0.00531. The van der Waals surface area contributed by atoms with E-state index in [1.165, 1.54) is 217 Å². The van der Waals surface area contributed by atoms with Crippen molar-refractivity contribution in [1.82, 2.24) is 45.2 Å². The van der Waals surface area contributed by atoms with Gasteiger partial charge in [0.1, 0.15) is 39.0 Å². The van der Waals surface area contributed by atoms with Gasteiger partial charge < -0.3 is 72.9 Å². The van der Waals surface area contributed by atoms with Crippen molar-refractivity contribution in [2.75, 3.05) is 138 Å². The summed E-state index contributed by atoms with van der Waals surface area (Å²) in [7, 11) is 0. The molecule has 4 heterocycles. The molecule has 0 spiro atoms. The number of unbranched alkanes of at least 4 members (excludes halogenated alkanes) is 41. The molecule has 0 radical (unpaired) electrons. The molecule has 33 heteroatoms. The van der Waals surface area contributed by atoms with Crippen LogP contribution >= 0.6 is 0 Å². The molecule has 0 aromatic carbocycles. The Morgan fingerprint density at radius 1 is 0.432 bits per heavy atom. The Balaban J connectivity index is 0.00000119. The molecule has 3 aliphatic heterocycles. The zero-order valence-electron chi connectivity index (χ0n) is 92.8. The van der Waals surface area contributed by atoms with Gasteiger partial charge in [0.25, 0.3) is 0 Å². The van der Waals surface area contributed by atoms with Crippen LogP contribution in [0.2, 0.25) is 0 Å². The fourth-order valence-corrected chi connectivity index (χ4v) is 17.4. The molecule has 840 valence electrons. The molecule has 146 heavy (non-hydrogen) atoms. The number of hydrogen-bond acceptors (Lipinski definition) is 26. The zero-order valence-corrected chi connectivity index (χ0v) is 92.8. The topological polar surface area (TPSA) is 404 Å². The second kappa shape index (κ2) is 97.3. The Labute approximate surface area is 880 Å². The number of rotatable bonds is 87. The van der Waals surface area contributed by atoms with Crippen molar-refractivity contribution in [2.24, 2.45) is 17.0 Å². The smallest absolute Gasteiger partial charge is 0.330 e. The summed E-state index contributed by atoms with van der Waals surface area (Å²) in [5, 5.41) is 17.3. The third-order valence-corrected chi connectivity index (χ3v) is 26.7. The van der Waals surface area contributed by atoms with E-state index in [1.54, 1.807) is 22.9 Å². The summed E-state index contributed by atoms with van der Waals surface area (Å²) < 4.78 is 49.3. The summed E-state index contributed by atoms with van der Waals surface area (Å²) in [4.78, 5) is 159. The van der Waals surface area contributed by atoms with Crippen molar-refractivity contribution >= 4 is 71.4 Å². The van der Waals surface area contributed by atoms with Crippen molar-refractivity contribution in [3.63, 3.8) is 0 Å². The van der Waals surface area contributed by atoms with Crippen LogP contribution < -0.4 is 10.6 Å². The quantitative estimate of drug-likeness (QED) is 0.0116. The molecule has 0 bridgehead atoms. The summed E-state index contributed by atoms with van der Waals surface area (Å²) in [6.45, 7) is 27.0. The average Bonchev–Trinajstić information content (AvgIpc) is 1.73. The number of terminal acetylenes is 1. The van der Waals surface area contributed by atoms with Gasteiger partial charge in [-0.2, -0.15) is 0 Å². The van der Waals surface area contributed by atoms with Crippen LogP contribution in [0.1, 0.15) is 466 Å². The normalized spacial score (nSPS) is 13.7. The third kappa shape index (κ3) is 78.7. The first-order valence-corrected chi connectivity index (χ1v) is 57.9. The molecular weight excluding hydrogens is 1860 g/mol. The van der Waals surface area contributed by atoms with Crippen LogP contribution in [0, 0.1) is 24.2 Å². The number of aromatic nitrogens is 3. The highest BCUT2D eigenvalue weighted by molar-refractivity contribution is 5.79. The Bertz CT molecular complexity index is 3570. The second-order valence-electron chi connectivity index (χ2n) is 39.4. The van der Waals surface area contributed by atoms with Gasteiger partial charge in [-0.3, -0.25) is 52.7 Å². The Kier molecular flexibility index (Phi) is 90.3. The van der Waals surface area contributed by atoms with Gasteiger partial charge in [0, 0.05) is 134 Å². The fraction of sp³-hybridized carbons (Fsp3) is 0.858. The highest BCUT2D eigenvalue weighted by Crippen LogP contribution is 2.24. The van der Waals surface area contributed by atoms with E-state index in [1.807, 2.05) is 27.7 Å². The summed E-state index contributed by atoms with van der Waals surface area (Å²) in [5.74, 6) is -0.661. The summed E-state index contributed by atoms with van der Waals surface area (Å²) in [6, 6.07) is -0.832. The number of carbonyl (C=O) groups excluding carboxylic acids is 12. The predicted octanol–water partition coefficient (Wildman–Crippen LogP) is 22.1. The molecule has 3 saturated heterocycles. The molecule has 33 nitrogen and oxygen atoms in total. The molecule has 3 aliphatic rings. The predicted molar refractivity (Wildman–Crippen MR) is 574 cm³/mol. The Morgan fingerprint density at radius 3 is 1.08 bits per heavy atom. The highest BCUT2D eigenvalue weighted by Gasteiger charge is 2.30. The zero-order chi connectivity index (χ0) is 107. The van der Waals surface area contributed by atoms with E-state index in [-0.39, 0.29) is 111 Å². The maximum atomic E-state index is 13.2. The summed E-state index contributed by atoms with van der Waals surface area (Å²) >= 11 is 0. The molecule has 3 atom stereocenters. The maximum Gasteiger partial charge on any atom is 0.330 e. The first-order valence-electron chi connectivity index (χ1n) is 57.9. The van der Waals surface area contributed by atoms with Crippen LogP contribution in [0.5, 0.6) is 0 Å². The largest absolute Gasteiger partial charge is 0.466 e. The van der Waals surface area contributed by atoms with Gasteiger partial charge in [-0.25, -0.2) is 9.48 Å². The number of nitrogens with one attached hydrogen (secondary N) is 2. The molecular formula is C113H202N12O21. The number of nitrogens with zero attached hydrogens (tertiary/aromatic N) is 10. The molecule has 3 fully saturated rings. The minimum atomic E-state index is -0.937. The van der Waals surface area contributed by atoms with Gasteiger partial charge >= 0.3 is 47.8 Å². The lowest BCUT2D eigenvalue weighted by Crippen LogP contribution is -2.44. The van der Waals surface area contributed by atoms with E-state index >= 15 is 0 Å². The molecule has 1 aromatic rings. The van der Waals surface area contributed by atoms with E-state index in [9.17, 15) is 57.5 Å². The molecule has 1 aromatic heterocycles. The molecule has 4 rings (SSSR count). The number of aryl methyl sites for hydroxylation is 1. The molecule has 0 aliphatic carbocycles. The van der Waals surface area contributed by atoms with Crippen molar-refractivity contribution < 1.29 is 100 Å². The number of likely N-dealkylation sites (tertiary alicyclic amines) is 2. The Morgan fingerprint density at radius 2 is 0.760 bits per heavy atom. The van der Waals surface area contributed by atoms with Gasteiger partial charge in [-0.1, -0.05) is 309 Å². The van der Waals surface area contributed by atoms with E-state index < -0.39 is 48.7 Å². The SMILES string of the molecule is C#CCCCC(=O)NCCN(CCN1CCC(C(=O)OCC)CC1)C(=O)CC.C1CCOC1.CCCCCCCCCCCCCC(=O)OCC(COC(=O)C(C)n1cc(CCCC(=O)NCCN(CCN2CCC(C(=O)OCC)CC2)C(=O)CC)nn1)OC(=O)CCCCCCCCCCCCC.CCCCCCCCCCCCCC(=O)OCC(COC(=O)CN=[N+]=[N-])OC(=O)CCCCCCCCCCCCC. The maximum absolute atomic E-state index is 13.2. The third-order valence-electron chi connectivity index (χ3n) is 26.7. The van der Waals surface area contributed by atoms with Crippen molar-refractivity contribution in [3.05, 3.63) is 22.3 Å². The Hall–Kier alpha value is -8.47. The minimum Gasteiger partial charge on any atom is -0.466 e. The lowest BCUT2D eigenvalue weighted by molar-refractivity contribution is -0.168. The lowest BCUT2D eigenvalue weighted by atomic mass is 9.97. The van der Waals surface area contributed by atoms with Crippen LogP contribution in [0.25, 0.3) is 10.4 Å². The van der Waals surface area contributed by atoms with Gasteiger partial charge in [0.15, 0.2) is 12.2 Å². The molecule has 0 saturated carbocycles. The van der Waals surface area contributed by atoms with Crippen LogP contribution in [-0.2, 0) is 107 Å². The summed E-state index contributed by atoms with van der Waals surface area (Å²) in [5.41, 5.74) is 8.98. The van der Waals surface area contributed by atoms with Crippen molar-refractivity contribution in [1.29, 1.82) is 0 Å². The van der Waals surface area contributed by atoms with Gasteiger partial charge in [-0.05, 0) is 136 Å². The van der Waals surface area contributed by atoms with Crippen LogP contribution in [-0.4, -0.2) is 256 Å². The molecule has 2 N–H and O–H groups in total. The van der Waals surface area contributed by atoms with E-state index in [0.717, 1.165) is 149 Å². The molecule has 3 unspecified atom stereocenters. The van der Waals surface area contributed by atoms with Gasteiger partial charge in [0.2, 0.25) is 23.6 Å². The number of carbonyl (C=O) groups is 12. The van der Waals surface area contributed by atoms with Crippen LogP contribution in [0.4, 0.5) is 0 Å². The van der Waals surface area contributed by atoms with Gasteiger partial charge in [0.05, 0.1) is 30.7 Å². The summed E-state index contributed by atoms with van der Waals surface area (Å²) in [6.07, 6.45) is 67.7. The second-order valence-corrected chi connectivity index (χ2v) is 39.4. The number of piperidine rings is 2. The molecule has 4 amide bonds. The highest BCUT2D eigenvalue weighted by atomic mass is 16.6. The van der Waals surface area contributed by atoms with E-state index in [4.69, 9.17) is 54.6 Å². The number of amides is 4. The first kappa shape index (κ1) is 136. The number of ether oxygens (including phenoxy) is 9.